The van der Waals surface area contributed by atoms with E-state index in [1.54, 1.807) is 5.56 Å². The van der Waals surface area contributed by atoms with Gasteiger partial charge in [0, 0.05) is 6.04 Å². The van der Waals surface area contributed by atoms with Crippen molar-refractivity contribution in [3.8, 4) is 0 Å². The Morgan fingerprint density at radius 3 is 2.48 bits per heavy atom. The number of hydrogen-bond acceptors (Lipinski definition) is 1. The van der Waals surface area contributed by atoms with Gasteiger partial charge in [0.1, 0.15) is 0 Å². The molecule has 2 aliphatic carbocycles. The topological polar surface area (TPSA) is 12.0 Å². The maximum atomic E-state index is 3.85. The molecular formula is C20H31N. The predicted molar refractivity (Wildman–Crippen MR) is 90.4 cm³/mol. The van der Waals surface area contributed by atoms with E-state index in [0.717, 1.165) is 42.2 Å². The van der Waals surface area contributed by atoms with E-state index in [1.165, 1.54) is 25.7 Å². The molecule has 2 saturated carbocycles. The maximum absolute atomic E-state index is 3.85. The van der Waals surface area contributed by atoms with Crippen LogP contribution in [-0.2, 0) is 0 Å². The Hall–Kier alpha value is -0.820. The van der Waals surface area contributed by atoms with Crippen molar-refractivity contribution in [2.45, 2.75) is 58.4 Å². The molecule has 0 radical (unpaired) electrons. The van der Waals surface area contributed by atoms with Gasteiger partial charge < -0.3 is 5.32 Å². The third-order valence-corrected chi connectivity index (χ3v) is 6.12. The lowest BCUT2D eigenvalue weighted by molar-refractivity contribution is 0.161. The minimum Gasteiger partial charge on any atom is -0.314 e. The highest BCUT2D eigenvalue weighted by atomic mass is 14.9. The molecule has 1 aromatic rings. The maximum Gasteiger partial charge on any atom is 0.0130 e. The molecule has 3 rings (SSSR count). The van der Waals surface area contributed by atoms with Gasteiger partial charge in [-0.3, -0.25) is 0 Å². The zero-order valence-corrected chi connectivity index (χ0v) is 13.9. The second kappa shape index (κ2) is 6.52. The first kappa shape index (κ1) is 15.1. The van der Waals surface area contributed by atoms with Crippen molar-refractivity contribution < 1.29 is 0 Å². The Kier molecular flexibility index (Phi) is 4.69. The molecular weight excluding hydrogens is 254 g/mol. The van der Waals surface area contributed by atoms with Crippen LogP contribution in [0.5, 0.6) is 0 Å². The van der Waals surface area contributed by atoms with Crippen LogP contribution >= 0.6 is 0 Å². The summed E-state index contributed by atoms with van der Waals surface area (Å²) in [7, 11) is 0. The molecule has 6 unspecified atom stereocenters. The van der Waals surface area contributed by atoms with Gasteiger partial charge in [-0.2, -0.15) is 0 Å². The van der Waals surface area contributed by atoms with Crippen LogP contribution < -0.4 is 5.32 Å². The summed E-state index contributed by atoms with van der Waals surface area (Å²) in [5.74, 6) is 4.41. The van der Waals surface area contributed by atoms with Crippen LogP contribution in [0.1, 0.15) is 57.9 Å². The smallest absolute Gasteiger partial charge is 0.0130 e. The number of rotatable bonds is 5. The summed E-state index contributed by atoms with van der Waals surface area (Å²) in [6.07, 6.45) is 5.68. The molecule has 0 bridgehead atoms. The minimum absolute atomic E-state index is 0.746. The molecule has 21 heavy (non-hydrogen) atoms. The average Bonchev–Trinajstić information content (AvgIpc) is 3.29. The molecule has 0 aromatic heterocycles. The molecule has 0 saturated heterocycles. The monoisotopic (exact) mass is 285 g/mol. The Bertz CT molecular complexity index is 440. The van der Waals surface area contributed by atoms with Gasteiger partial charge in [0.15, 0.2) is 0 Å². The van der Waals surface area contributed by atoms with Crippen molar-refractivity contribution in [1.82, 2.24) is 5.32 Å². The van der Waals surface area contributed by atoms with Crippen molar-refractivity contribution in [3.05, 3.63) is 35.9 Å². The van der Waals surface area contributed by atoms with Gasteiger partial charge in [0.05, 0.1) is 0 Å². The van der Waals surface area contributed by atoms with Gasteiger partial charge in [-0.05, 0) is 61.0 Å². The van der Waals surface area contributed by atoms with Crippen molar-refractivity contribution in [2.75, 3.05) is 6.54 Å². The number of hydrogen-bond donors (Lipinski definition) is 1. The standard InChI is InChI=1S/C20H31N/c1-4-21-20(17-11-10-14(2)15(3)12-17)19-13-18(19)16-8-6-5-7-9-16/h5-9,14-15,17-21H,4,10-13H2,1-3H3. The van der Waals surface area contributed by atoms with Crippen LogP contribution in [0.15, 0.2) is 30.3 Å². The van der Waals surface area contributed by atoms with Gasteiger partial charge in [-0.1, -0.05) is 57.5 Å². The fraction of sp³-hybridized carbons (Fsp3) is 0.700. The molecule has 0 aliphatic heterocycles. The van der Waals surface area contributed by atoms with E-state index in [9.17, 15) is 0 Å². The highest BCUT2D eigenvalue weighted by molar-refractivity contribution is 5.27. The minimum atomic E-state index is 0.746. The fourth-order valence-electron chi connectivity index (χ4n) is 4.51. The second-order valence-electron chi connectivity index (χ2n) is 7.53. The molecule has 0 heterocycles. The highest BCUT2D eigenvalue weighted by Gasteiger charge is 2.46. The molecule has 1 nitrogen and oxygen atoms in total. The SMILES string of the molecule is CCNC(C1CCC(C)C(C)C1)C1CC1c1ccccc1. The van der Waals surface area contributed by atoms with E-state index < -0.39 is 0 Å². The molecule has 1 heteroatoms. The van der Waals surface area contributed by atoms with E-state index in [-0.39, 0.29) is 0 Å². The molecule has 1 aromatic carbocycles. The van der Waals surface area contributed by atoms with Crippen LogP contribution in [0.25, 0.3) is 0 Å². The van der Waals surface area contributed by atoms with Crippen LogP contribution in [0.3, 0.4) is 0 Å². The zero-order chi connectivity index (χ0) is 14.8. The normalized spacial score (nSPS) is 37.2. The van der Waals surface area contributed by atoms with Crippen LogP contribution in [0.2, 0.25) is 0 Å². The molecule has 0 amide bonds. The number of benzene rings is 1. The summed E-state index contributed by atoms with van der Waals surface area (Å²) < 4.78 is 0. The number of nitrogens with one attached hydrogen (secondary N) is 1. The summed E-state index contributed by atoms with van der Waals surface area (Å²) in [5.41, 5.74) is 1.56. The van der Waals surface area contributed by atoms with Gasteiger partial charge in [-0.15, -0.1) is 0 Å². The Morgan fingerprint density at radius 2 is 1.81 bits per heavy atom. The first-order valence-electron chi connectivity index (χ1n) is 8.99. The second-order valence-corrected chi connectivity index (χ2v) is 7.53. The quantitative estimate of drug-likeness (QED) is 0.816. The van der Waals surface area contributed by atoms with Crippen LogP contribution in [0.4, 0.5) is 0 Å². The van der Waals surface area contributed by atoms with Crippen molar-refractivity contribution in [2.24, 2.45) is 23.7 Å². The van der Waals surface area contributed by atoms with E-state index in [1.807, 2.05) is 0 Å². The van der Waals surface area contributed by atoms with Gasteiger partial charge in [0.2, 0.25) is 0 Å². The van der Waals surface area contributed by atoms with Gasteiger partial charge in [-0.25, -0.2) is 0 Å². The van der Waals surface area contributed by atoms with E-state index in [4.69, 9.17) is 0 Å². The summed E-state index contributed by atoms with van der Waals surface area (Å²) in [4.78, 5) is 0. The fourth-order valence-corrected chi connectivity index (χ4v) is 4.51. The Morgan fingerprint density at radius 1 is 1.05 bits per heavy atom. The van der Waals surface area contributed by atoms with E-state index in [2.05, 4.69) is 56.4 Å². The third kappa shape index (κ3) is 3.34. The third-order valence-electron chi connectivity index (χ3n) is 6.12. The lowest BCUT2D eigenvalue weighted by Gasteiger charge is -2.37. The largest absolute Gasteiger partial charge is 0.314 e. The van der Waals surface area contributed by atoms with Crippen LogP contribution in [-0.4, -0.2) is 12.6 Å². The van der Waals surface area contributed by atoms with E-state index in [0.29, 0.717) is 0 Å². The molecule has 2 aliphatic rings. The summed E-state index contributed by atoms with van der Waals surface area (Å²) in [6.45, 7) is 8.28. The summed E-state index contributed by atoms with van der Waals surface area (Å²) in [5, 5.41) is 3.85. The lowest BCUT2D eigenvalue weighted by atomic mass is 9.72. The average molecular weight is 285 g/mol. The van der Waals surface area contributed by atoms with Crippen LogP contribution in [0, 0.1) is 23.7 Å². The zero-order valence-electron chi connectivity index (χ0n) is 13.9. The Labute approximate surface area is 130 Å². The highest BCUT2D eigenvalue weighted by Crippen LogP contribution is 2.52. The summed E-state index contributed by atoms with van der Waals surface area (Å²) in [6, 6.07) is 11.9. The first-order valence-corrected chi connectivity index (χ1v) is 8.99. The Balaban J connectivity index is 1.66. The van der Waals surface area contributed by atoms with Gasteiger partial charge in [0.25, 0.3) is 0 Å². The summed E-state index contributed by atoms with van der Waals surface area (Å²) >= 11 is 0. The van der Waals surface area contributed by atoms with Gasteiger partial charge >= 0.3 is 0 Å². The predicted octanol–water partition coefficient (Wildman–Crippen LogP) is 4.84. The molecule has 0 spiro atoms. The molecule has 6 atom stereocenters. The molecule has 2 fully saturated rings. The molecule has 1 N–H and O–H groups in total. The molecule has 116 valence electrons. The lowest BCUT2D eigenvalue weighted by Crippen LogP contribution is -2.41. The van der Waals surface area contributed by atoms with E-state index >= 15 is 0 Å². The first-order chi connectivity index (χ1) is 10.2. The van der Waals surface area contributed by atoms with Crippen molar-refractivity contribution >= 4 is 0 Å². The van der Waals surface area contributed by atoms with Crippen molar-refractivity contribution in [1.29, 1.82) is 0 Å². The van der Waals surface area contributed by atoms with Crippen molar-refractivity contribution in [3.63, 3.8) is 0 Å².